The molecule has 2 amide bonds. The summed E-state index contributed by atoms with van der Waals surface area (Å²) in [7, 11) is 5.36. The molecule has 4 heterocycles. The number of aryl methyl sites for hydroxylation is 1. The summed E-state index contributed by atoms with van der Waals surface area (Å²) in [5, 5.41) is 0.940. The molecule has 5 aromatic rings. The number of carbonyl (C=O) groups is 2. The number of fused-ring (bicyclic) bond motifs is 2. The number of methoxy groups -OCH3 is 1. The maximum Gasteiger partial charge on any atom is 0.276 e. The Balaban J connectivity index is 1.31. The number of nitrogens with zero attached hydrogens (tertiary/aromatic N) is 6. The minimum atomic E-state index is -0.169. The number of carbonyl (C=O) groups excluding carboxylic acids is 2. The Morgan fingerprint density at radius 2 is 1.80 bits per heavy atom. The van der Waals surface area contributed by atoms with E-state index in [2.05, 4.69) is 17.6 Å². The number of likely N-dealkylation sites (tertiary alicyclic amines) is 1. The Morgan fingerprint density at radius 1 is 1.02 bits per heavy atom. The summed E-state index contributed by atoms with van der Waals surface area (Å²) in [6.07, 6.45) is 4.12. The van der Waals surface area contributed by atoms with Crippen LogP contribution in [0.1, 0.15) is 53.5 Å². The molecule has 1 aliphatic heterocycles. The molecule has 1 saturated heterocycles. The van der Waals surface area contributed by atoms with Crippen LogP contribution in [0, 0.1) is 5.92 Å². The molecule has 10 nitrogen and oxygen atoms in total. The first-order chi connectivity index (χ1) is 21.7. The summed E-state index contributed by atoms with van der Waals surface area (Å²) in [5.74, 6) is 1.66. The van der Waals surface area contributed by atoms with Gasteiger partial charge < -0.3 is 29.4 Å². The van der Waals surface area contributed by atoms with Crippen LogP contribution in [0.3, 0.4) is 0 Å². The van der Waals surface area contributed by atoms with Gasteiger partial charge in [-0.3, -0.25) is 9.59 Å². The van der Waals surface area contributed by atoms with Crippen molar-refractivity contribution in [2.75, 3.05) is 25.6 Å². The van der Waals surface area contributed by atoms with Crippen molar-refractivity contribution in [3.05, 3.63) is 71.9 Å². The van der Waals surface area contributed by atoms with Crippen molar-refractivity contribution >= 4 is 39.6 Å². The lowest BCUT2D eigenvalue weighted by atomic mass is 9.99. The van der Waals surface area contributed by atoms with E-state index in [0.717, 1.165) is 66.0 Å². The third-order valence-electron chi connectivity index (χ3n) is 9.36. The summed E-state index contributed by atoms with van der Waals surface area (Å²) in [6.45, 7) is 3.40. The fraction of sp³-hybridized carbons (Fsp3) is 0.371. The highest BCUT2D eigenvalue weighted by Gasteiger charge is 2.30. The number of ether oxygens (including phenoxy) is 1. The smallest absolute Gasteiger partial charge is 0.276 e. The summed E-state index contributed by atoms with van der Waals surface area (Å²) >= 11 is 0. The van der Waals surface area contributed by atoms with Crippen molar-refractivity contribution in [1.82, 2.24) is 24.0 Å². The third kappa shape index (κ3) is 5.22. The number of pyridine rings is 1. The Bertz CT molecular complexity index is 1920. The van der Waals surface area contributed by atoms with Crippen molar-refractivity contribution in [2.45, 2.75) is 51.2 Å². The zero-order valence-electron chi connectivity index (χ0n) is 26.2. The van der Waals surface area contributed by atoms with Crippen LogP contribution in [-0.4, -0.2) is 68.6 Å². The van der Waals surface area contributed by atoms with Crippen LogP contribution in [0.25, 0.3) is 33.6 Å². The van der Waals surface area contributed by atoms with E-state index in [1.165, 1.54) is 0 Å². The number of para-hydroxylation sites is 1. The molecule has 1 saturated carbocycles. The van der Waals surface area contributed by atoms with Gasteiger partial charge in [0.2, 0.25) is 0 Å². The van der Waals surface area contributed by atoms with E-state index in [1.54, 1.807) is 25.1 Å². The number of anilines is 1. The van der Waals surface area contributed by atoms with E-state index in [0.29, 0.717) is 35.0 Å². The fourth-order valence-corrected chi connectivity index (χ4v) is 6.52. The van der Waals surface area contributed by atoms with Gasteiger partial charge in [0.15, 0.2) is 5.82 Å². The van der Waals surface area contributed by atoms with E-state index in [4.69, 9.17) is 20.4 Å². The molecule has 7 rings (SSSR count). The van der Waals surface area contributed by atoms with Crippen molar-refractivity contribution < 1.29 is 14.3 Å². The van der Waals surface area contributed by atoms with E-state index in [9.17, 15) is 9.59 Å². The number of aromatic nitrogens is 4. The largest absolute Gasteiger partial charge is 0.494 e. The van der Waals surface area contributed by atoms with Gasteiger partial charge in [0.25, 0.3) is 11.8 Å². The third-order valence-corrected chi connectivity index (χ3v) is 9.36. The molecule has 45 heavy (non-hydrogen) atoms. The first-order valence-corrected chi connectivity index (χ1v) is 15.7. The van der Waals surface area contributed by atoms with Crippen LogP contribution in [0.4, 0.5) is 5.69 Å². The number of hydrogen-bond acceptors (Lipinski definition) is 6. The highest BCUT2D eigenvalue weighted by molar-refractivity contribution is 6.05. The Morgan fingerprint density at radius 3 is 2.53 bits per heavy atom. The van der Waals surface area contributed by atoms with Gasteiger partial charge in [0, 0.05) is 55.9 Å². The van der Waals surface area contributed by atoms with Gasteiger partial charge in [-0.15, -0.1) is 0 Å². The van der Waals surface area contributed by atoms with Crippen LogP contribution in [0.5, 0.6) is 5.75 Å². The van der Waals surface area contributed by atoms with Gasteiger partial charge in [-0.1, -0.05) is 18.2 Å². The van der Waals surface area contributed by atoms with Gasteiger partial charge in [-0.05, 0) is 81.0 Å². The molecule has 2 aliphatic rings. The lowest BCUT2D eigenvalue weighted by molar-refractivity contribution is 0.0612. The molecule has 0 radical (unpaired) electrons. The summed E-state index contributed by atoms with van der Waals surface area (Å²) in [4.78, 5) is 40.7. The van der Waals surface area contributed by atoms with E-state index >= 15 is 0 Å². The lowest BCUT2D eigenvalue weighted by Gasteiger charge is -2.36. The van der Waals surface area contributed by atoms with Gasteiger partial charge in [0.1, 0.15) is 22.6 Å². The average Bonchev–Trinajstić information content (AvgIpc) is 3.73. The second-order valence-corrected chi connectivity index (χ2v) is 12.6. The zero-order valence-corrected chi connectivity index (χ0v) is 26.2. The molecule has 1 aliphatic carbocycles. The van der Waals surface area contributed by atoms with E-state index in [-0.39, 0.29) is 23.9 Å². The molecular weight excluding hydrogens is 566 g/mol. The quantitative estimate of drug-likeness (QED) is 0.272. The van der Waals surface area contributed by atoms with Crippen LogP contribution in [-0.2, 0) is 13.6 Å². The minimum absolute atomic E-state index is 0.0197. The first kappa shape index (κ1) is 29.0. The number of nitrogens with two attached hydrogens (primary N) is 1. The van der Waals surface area contributed by atoms with Crippen molar-refractivity contribution in [3.8, 4) is 17.3 Å². The number of imidazole rings is 1. The Hall–Kier alpha value is -4.70. The van der Waals surface area contributed by atoms with Crippen LogP contribution < -0.4 is 15.4 Å². The molecule has 0 spiro atoms. The number of hydrogen-bond donors (Lipinski definition) is 1. The predicted octanol–water partition coefficient (Wildman–Crippen LogP) is 5.24. The van der Waals surface area contributed by atoms with E-state index < -0.39 is 0 Å². The van der Waals surface area contributed by atoms with Crippen LogP contribution in [0.15, 0.2) is 60.7 Å². The predicted molar refractivity (Wildman–Crippen MR) is 176 cm³/mol. The van der Waals surface area contributed by atoms with Gasteiger partial charge in [0.05, 0.1) is 18.3 Å². The highest BCUT2D eigenvalue weighted by atomic mass is 16.5. The molecule has 232 valence electrons. The van der Waals surface area contributed by atoms with Crippen molar-refractivity contribution in [3.63, 3.8) is 0 Å². The van der Waals surface area contributed by atoms with Gasteiger partial charge in [-0.25, -0.2) is 9.97 Å². The van der Waals surface area contributed by atoms with Crippen molar-refractivity contribution in [1.29, 1.82) is 0 Å². The molecule has 2 atom stereocenters. The number of benzene rings is 2. The summed E-state index contributed by atoms with van der Waals surface area (Å²) < 4.78 is 10.1. The molecule has 3 aromatic heterocycles. The number of amides is 2. The Kier molecular flexibility index (Phi) is 7.32. The fourth-order valence-electron chi connectivity index (χ4n) is 6.52. The van der Waals surface area contributed by atoms with Gasteiger partial charge >= 0.3 is 0 Å². The topological polar surface area (TPSA) is 112 Å². The van der Waals surface area contributed by atoms with Gasteiger partial charge in [-0.2, -0.15) is 0 Å². The first-order valence-electron chi connectivity index (χ1n) is 15.7. The van der Waals surface area contributed by atoms with Crippen LogP contribution >= 0.6 is 0 Å². The van der Waals surface area contributed by atoms with Crippen molar-refractivity contribution in [2.24, 2.45) is 18.7 Å². The molecule has 0 bridgehead atoms. The monoisotopic (exact) mass is 605 g/mol. The second kappa shape index (κ2) is 11.3. The zero-order chi connectivity index (χ0) is 31.4. The standard InChI is InChI=1S/C35H39N7O3/c1-21-10-14-25(36)20-41(21)34(43)24-16-28-31(30(18-24)45-4)40(3)33(38-28)29-17-23-13-15-27(37-32(23)42(29)19-22-11-12-22)35(44)39(2)26-8-6-5-7-9-26/h5-9,13,15-18,21-22,25H,10-12,14,19-20,36H2,1-4H3/t21-,25+/m0/s1. The normalized spacial score (nSPS) is 18.5. The molecule has 2 fully saturated rings. The number of rotatable bonds is 7. The average molecular weight is 606 g/mol. The summed E-state index contributed by atoms with van der Waals surface area (Å²) in [6, 6.07) is 19.2. The molecule has 10 heteroatoms. The SMILES string of the molecule is COc1cc(C(=O)N2C[C@H](N)CC[C@@H]2C)cc2nc(-c3cc4ccc(C(=O)N(C)c5ccccc5)nc4n3CC3CC3)n(C)c12. The van der Waals surface area contributed by atoms with E-state index in [1.807, 2.05) is 65.0 Å². The second-order valence-electron chi connectivity index (χ2n) is 12.6. The minimum Gasteiger partial charge on any atom is -0.494 e. The maximum absolute atomic E-state index is 13.7. The summed E-state index contributed by atoms with van der Waals surface area (Å²) in [5.41, 5.74) is 11.1. The van der Waals surface area contributed by atoms with Crippen LogP contribution in [0.2, 0.25) is 0 Å². The number of piperidine rings is 1. The molecule has 2 N–H and O–H groups in total. The molecule has 0 unspecified atom stereocenters. The molecule has 2 aromatic carbocycles. The molecular formula is C35H39N7O3. The highest BCUT2D eigenvalue weighted by Crippen LogP contribution is 2.38. The maximum atomic E-state index is 13.7. The lowest BCUT2D eigenvalue weighted by Crippen LogP contribution is -2.50. The Labute approximate surface area is 262 Å².